The van der Waals surface area contributed by atoms with E-state index in [0.29, 0.717) is 0 Å². The van der Waals surface area contributed by atoms with E-state index in [1.54, 1.807) is 0 Å². The first-order chi connectivity index (χ1) is 10.4. The summed E-state index contributed by atoms with van der Waals surface area (Å²) in [5.41, 5.74) is 9.38. The van der Waals surface area contributed by atoms with E-state index in [4.69, 9.17) is 16.2 Å². The van der Waals surface area contributed by atoms with Gasteiger partial charge in [-0.1, -0.05) is 0 Å². The highest BCUT2D eigenvalue weighted by atomic mass is 19.1. The van der Waals surface area contributed by atoms with Crippen LogP contribution in [0.25, 0.3) is 5.69 Å². The summed E-state index contributed by atoms with van der Waals surface area (Å²) in [6.07, 6.45) is 1.34. The third-order valence-electron chi connectivity index (χ3n) is 2.77. The Morgan fingerprint density at radius 2 is 1.91 bits per heavy atom. The van der Waals surface area contributed by atoms with Crippen molar-refractivity contribution >= 4 is 11.8 Å². The lowest BCUT2D eigenvalue weighted by Crippen LogP contribution is -2.22. The Bertz CT molecular complexity index is 801. The quantitative estimate of drug-likeness (QED) is 0.804. The van der Waals surface area contributed by atoms with Crippen molar-refractivity contribution < 1.29 is 18.7 Å². The molecule has 4 N–H and O–H groups in total. The molecule has 0 saturated carbocycles. The fourth-order valence-electron chi connectivity index (χ4n) is 1.77. The van der Waals surface area contributed by atoms with Crippen LogP contribution >= 0.6 is 0 Å². The van der Waals surface area contributed by atoms with Gasteiger partial charge in [0.2, 0.25) is 0 Å². The molecule has 114 valence electrons. The third kappa shape index (κ3) is 3.29. The second-order valence-electron chi connectivity index (χ2n) is 4.35. The fraction of sp³-hybridized carbons (Fsp3) is 0.0714. The van der Waals surface area contributed by atoms with Crippen LogP contribution in [0.1, 0.15) is 10.4 Å². The fourth-order valence-corrected chi connectivity index (χ4v) is 1.77. The van der Waals surface area contributed by atoms with Crippen LogP contribution in [0.4, 0.5) is 4.39 Å². The second-order valence-corrected chi connectivity index (χ2v) is 4.35. The van der Waals surface area contributed by atoms with Gasteiger partial charge in [0, 0.05) is 12.3 Å². The van der Waals surface area contributed by atoms with E-state index in [1.807, 2.05) is 0 Å². The van der Waals surface area contributed by atoms with Gasteiger partial charge in [-0.25, -0.2) is 4.39 Å². The number of nitrogens with zero attached hydrogens (tertiary/aromatic N) is 1. The van der Waals surface area contributed by atoms with E-state index in [0.717, 1.165) is 16.7 Å². The first-order valence-electron chi connectivity index (χ1n) is 6.12. The number of amides is 2. The Balaban J connectivity index is 2.33. The van der Waals surface area contributed by atoms with Crippen molar-refractivity contribution in [2.45, 2.75) is 0 Å². The van der Waals surface area contributed by atoms with Gasteiger partial charge in [0.15, 0.2) is 6.61 Å². The minimum absolute atomic E-state index is 0.161. The van der Waals surface area contributed by atoms with Gasteiger partial charge in [-0.2, -0.15) is 0 Å². The molecular weight excluding hydrogens is 293 g/mol. The average molecular weight is 305 g/mol. The number of rotatable bonds is 5. The maximum absolute atomic E-state index is 13.7. The lowest BCUT2D eigenvalue weighted by Gasteiger charge is -2.09. The van der Waals surface area contributed by atoms with Crippen LogP contribution < -0.4 is 21.8 Å². The van der Waals surface area contributed by atoms with Gasteiger partial charge >= 0.3 is 0 Å². The normalized spacial score (nSPS) is 10.2. The van der Waals surface area contributed by atoms with Gasteiger partial charge in [-0.05, 0) is 24.3 Å². The van der Waals surface area contributed by atoms with Gasteiger partial charge in [0.05, 0.1) is 11.3 Å². The van der Waals surface area contributed by atoms with Gasteiger partial charge < -0.3 is 16.2 Å². The van der Waals surface area contributed by atoms with Crippen LogP contribution in [0.3, 0.4) is 0 Å². The summed E-state index contributed by atoms with van der Waals surface area (Å²) >= 11 is 0. The molecule has 0 atom stereocenters. The Hall–Kier alpha value is -3.16. The Morgan fingerprint density at radius 3 is 2.45 bits per heavy atom. The molecule has 2 rings (SSSR count). The third-order valence-corrected chi connectivity index (χ3v) is 2.77. The number of ether oxygens (including phenoxy) is 1. The van der Waals surface area contributed by atoms with Crippen LogP contribution in [-0.2, 0) is 4.79 Å². The van der Waals surface area contributed by atoms with Crippen LogP contribution in [0.2, 0.25) is 0 Å². The smallest absolute Gasteiger partial charge is 0.258 e. The van der Waals surface area contributed by atoms with Gasteiger partial charge in [-0.3, -0.25) is 19.0 Å². The number of benzene rings is 1. The van der Waals surface area contributed by atoms with E-state index in [9.17, 15) is 18.8 Å². The largest absolute Gasteiger partial charge is 0.484 e. The van der Waals surface area contributed by atoms with E-state index >= 15 is 0 Å². The molecule has 1 heterocycles. The highest BCUT2D eigenvalue weighted by molar-refractivity contribution is 5.93. The zero-order valence-corrected chi connectivity index (χ0v) is 11.3. The maximum Gasteiger partial charge on any atom is 0.258 e. The lowest BCUT2D eigenvalue weighted by molar-refractivity contribution is -0.119. The van der Waals surface area contributed by atoms with Crippen molar-refractivity contribution in [2.24, 2.45) is 11.5 Å². The maximum atomic E-state index is 13.7. The number of aromatic nitrogens is 1. The molecule has 0 aliphatic carbocycles. The summed E-state index contributed by atoms with van der Waals surface area (Å²) in [5, 5.41) is 0. The molecule has 0 fully saturated rings. The van der Waals surface area contributed by atoms with Gasteiger partial charge in [-0.15, -0.1) is 0 Å². The van der Waals surface area contributed by atoms with Gasteiger partial charge in [0.25, 0.3) is 17.4 Å². The number of halogens is 1. The molecule has 0 unspecified atom stereocenters. The standard InChI is InChI=1S/C14H12FN3O4/c15-11-5-8(1-2-10(11)14(17)21)18-4-3-9(6-13(18)20)22-7-12(16)19/h1-6H,7H2,(H2,16,19)(H2,17,21). The Labute approximate surface area is 123 Å². The molecule has 7 nitrogen and oxygen atoms in total. The predicted octanol–water partition coefficient (Wildman–Crippen LogP) is -0.0604. The van der Waals surface area contributed by atoms with Crippen molar-refractivity contribution in [1.82, 2.24) is 4.57 Å². The number of pyridine rings is 1. The van der Waals surface area contributed by atoms with Crippen molar-refractivity contribution in [2.75, 3.05) is 6.61 Å². The number of hydrogen-bond acceptors (Lipinski definition) is 4. The van der Waals surface area contributed by atoms with E-state index in [1.165, 1.54) is 24.4 Å². The first kappa shape index (κ1) is 15.2. The number of primary amides is 2. The first-order valence-corrected chi connectivity index (χ1v) is 6.12. The van der Waals surface area contributed by atoms with Crippen LogP contribution in [-0.4, -0.2) is 23.0 Å². The van der Waals surface area contributed by atoms with E-state index < -0.39 is 23.2 Å². The summed E-state index contributed by atoms with van der Waals surface area (Å²) in [7, 11) is 0. The van der Waals surface area contributed by atoms with E-state index in [2.05, 4.69) is 0 Å². The monoisotopic (exact) mass is 305 g/mol. The number of hydrogen-bond donors (Lipinski definition) is 2. The van der Waals surface area contributed by atoms with Crippen molar-refractivity contribution in [1.29, 1.82) is 0 Å². The number of carbonyl (C=O) groups excluding carboxylic acids is 2. The molecule has 22 heavy (non-hydrogen) atoms. The molecular formula is C14H12FN3O4. The molecule has 0 spiro atoms. The van der Waals surface area contributed by atoms with E-state index in [-0.39, 0.29) is 23.6 Å². The number of nitrogens with two attached hydrogens (primary N) is 2. The summed E-state index contributed by atoms with van der Waals surface area (Å²) in [6.45, 7) is -0.356. The molecule has 0 radical (unpaired) electrons. The van der Waals surface area contributed by atoms with Crippen LogP contribution in [0.15, 0.2) is 41.3 Å². The van der Waals surface area contributed by atoms with Crippen molar-refractivity contribution in [3.8, 4) is 11.4 Å². The Kier molecular flexibility index (Phi) is 4.21. The molecule has 0 saturated heterocycles. The Morgan fingerprint density at radius 1 is 1.18 bits per heavy atom. The predicted molar refractivity (Wildman–Crippen MR) is 75.2 cm³/mol. The van der Waals surface area contributed by atoms with Crippen molar-refractivity contribution in [3.63, 3.8) is 0 Å². The number of carbonyl (C=O) groups is 2. The molecule has 0 aliphatic heterocycles. The summed E-state index contributed by atoms with van der Waals surface area (Å²) in [5.74, 6) is -2.24. The van der Waals surface area contributed by atoms with Crippen LogP contribution in [0.5, 0.6) is 5.75 Å². The van der Waals surface area contributed by atoms with Crippen molar-refractivity contribution in [3.05, 3.63) is 58.3 Å². The highest BCUT2D eigenvalue weighted by Gasteiger charge is 2.10. The minimum Gasteiger partial charge on any atom is -0.484 e. The molecule has 2 aromatic rings. The SMILES string of the molecule is NC(=O)COc1ccn(-c2ccc(C(N)=O)c(F)c2)c(=O)c1. The molecule has 1 aromatic carbocycles. The molecule has 1 aromatic heterocycles. The summed E-state index contributed by atoms with van der Waals surface area (Å²) in [6, 6.07) is 6.14. The van der Waals surface area contributed by atoms with Gasteiger partial charge in [0.1, 0.15) is 11.6 Å². The van der Waals surface area contributed by atoms with Crippen LogP contribution in [0, 0.1) is 5.82 Å². The zero-order valence-electron chi connectivity index (χ0n) is 11.3. The second kappa shape index (κ2) is 6.08. The average Bonchev–Trinajstić information content (AvgIpc) is 2.44. The molecule has 8 heteroatoms. The highest BCUT2D eigenvalue weighted by Crippen LogP contribution is 2.14. The topological polar surface area (TPSA) is 117 Å². The zero-order chi connectivity index (χ0) is 16.3. The lowest BCUT2D eigenvalue weighted by atomic mass is 10.2. The minimum atomic E-state index is -0.897. The molecule has 0 bridgehead atoms. The molecule has 0 aliphatic rings. The molecule has 2 amide bonds. The summed E-state index contributed by atoms with van der Waals surface area (Å²) in [4.78, 5) is 33.5. The summed E-state index contributed by atoms with van der Waals surface area (Å²) < 4.78 is 19.8.